The molecule has 6 nitrogen and oxygen atoms in total. The first-order valence-electron chi connectivity index (χ1n) is 6.97. The van der Waals surface area contributed by atoms with Crippen molar-refractivity contribution in [3.8, 4) is 23.0 Å². The molecule has 7 heteroatoms. The standard InChI is InChI=1S/C16H13N5OS/c1-21-7-6-19-15(21)13-8-11(4-5-18-13)22-10-2-3-12-14(9-10)23-16(17)20-12/h2-9H,1H3,(H2,17,20). The molecule has 23 heavy (non-hydrogen) atoms. The first-order valence-corrected chi connectivity index (χ1v) is 7.78. The number of anilines is 1. The zero-order valence-electron chi connectivity index (χ0n) is 12.3. The largest absolute Gasteiger partial charge is 0.457 e. The molecule has 0 fully saturated rings. The summed E-state index contributed by atoms with van der Waals surface area (Å²) in [5.74, 6) is 2.23. The van der Waals surface area contributed by atoms with Gasteiger partial charge in [0.2, 0.25) is 0 Å². The molecule has 0 unspecified atom stereocenters. The van der Waals surface area contributed by atoms with Crippen molar-refractivity contribution >= 4 is 26.7 Å². The number of benzene rings is 1. The van der Waals surface area contributed by atoms with Gasteiger partial charge < -0.3 is 15.0 Å². The molecule has 1 aromatic carbocycles. The topological polar surface area (TPSA) is 78.8 Å². The van der Waals surface area contributed by atoms with Crippen LogP contribution in [-0.2, 0) is 7.05 Å². The number of nitrogens with two attached hydrogens (primary N) is 1. The molecule has 0 spiro atoms. The third-order valence-corrected chi connectivity index (χ3v) is 4.24. The zero-order valence-corrected chi connectivity index (χ0v) is 13.1. The van der Waals surface area contributed by atoms with Crippen molar-refractivity contribution in [1.82, 2.24) is 19.5 Å². The second-order valence-electron chi connectivity index (χ2n) is 5.02. The lowest BCUT2D eigenvalue weighted by atomic mass is 10.3. The van der Waals surface area contributed by atoms with Gasteiger partial charge in [-0.25, -0.2) is 9.97 Å². The minimum atomic E-state index is 0.554. The van der Waals surface area contributed by atoms with Gasteiger partial charge in [-0.2, -0.15) is 0 Å². The zero-order chi connectivity index (χ0) is 15.8. The monoisotopic (exact) mass is 323 g/mol. The summed E-state index contributed by atoms with van der Waals surface area (Å²) in [6, 6.07) is 9.40. The second kappa shape index (κ2) is 5.36. The highest BCUT2D eigenvalue weighted by Gasteiger charge is 2.08. The number of thiazole rings is 1. The summed E-state index contributed by atoms with van der Waals surface area (Å²) < 4.78 is 8.85. The Bertz CT molecular complexity index is 991. The maximum Gasteiger partial charge on any atom is 0.181 e. The highest BCUT2D eigenvalue weighted by molar-refractivity contribution is 7.22. The average Bonchev–Trinajstić information content (AvgIpc) is 3.12. The molecular weight excluding hydrogens is 310 g/mol. The number of hydrogen-bond donors (Lipinski definition) is 1. The molecule has 3 aromatic heterocycles. The van der Waals surface area contributed by atoms with Gasteiger partial charge >= 0.3 is 0 Å². The third-order valence-electron chi connectivity index (χ3n) is 3.39. The number of rotatable bonds is 3. The molecule has 4 rings (SSSR count). The highest BCUT2D eigenvalue weighted by Crippen LogP contribution is 2.30. The maximum atomic E-state index is 5.94. The molecule has 3 heterocycles. The van der Waals surface area contributed by atoms with E-state index in [0.29, 0.717) is 10.9 Å². The molecule has 0 aliphatic carbocycles. The first kappa shape index (κ1) is 13.7. The molecular formula is C16H13N5OS. The minimum Gasteiger partial charge on any atom is -0.457 e. The van der Waals surface area contributed by atoms with E-state index < -0.39 is 0 Å². The summed E-state index contributed by atoms with van der Waals surface area (Å²) in [5, 5.41) is 0.554. The van der Waals surface area contributed by atoms with Gasteiger partial charge in [-0.05, 0) is 18.2 Å². The Morgan fingerprint density at radius 3 is 2.78 bits per heavy atom. The lowest BCUT2D eigenvalue weighted by Crippen LogP contribution is -1.94. The maximum absolute atomic E-state index is 5.94. The van der Waals surface area contributed by atoms with E-state index in [2.05, 4.69) is 15.0 Å². The lowest BCUT2D eigenvalue weighted by molar-refractivity contribution is 0.483. The van der Waals surface area contributed by atoms with Gasteiger partial charge in [-0.3, -0.25) is 4.98 Å². The van der Waals surface area contributed by atoms with Crippen LogP contribution in [0, 0.1) is 0 Å². The molecule has 0 bridgehead atoms. The van der Waals surface area contributed by atoms with E-state index >= 15 is 0 Å². The van der Waals surface area contributed by atoms with Crippen molar-refractivity contribution in [2.24, 2.45) is 7.05 Å². The van der Waals surface area contributed by atoms with Crippen LogP contribution >= 0.6 is 11.3 Å². The average molecular weight is 323 g/mol. The summed E-state index contributed by atoms with van der Waals surface area (Å²) in [6.07, 6.45) is 5.34. The number of ether oxygens (including phenoxy) is 1. The normalized spacial score (nSPS) is 11.0. The van der Waals surface area contributed by atoms with Gasteiger partial charge in [0.15, 0.2) is 11.0 Å². The number of nitrogens with zero attached hydrogens (tertiary/aromatic N) is 4. The van der Waals surface area contributed by atoms with Gasteiger partial charge in [-0.1, -0.05) is 11.3 Å². The van der Waals surface area contributed by atoms with Crippen LogP contribution in [0.1, 0.15) is 0 Å². The van der Waals surface area contributed by atoms with E-state index in [1.165, 1.54) is 11.3 Å². The van der Waals surface area contributed by atoms with Crippen molar-refractivity contribution in [2.45, 2.75) is 0 Å². The Morgan fingerprint density at radius 2 is 1.96 bits per heavy atom. The van der Waals surface area contributed by atoms with Gasteiger partial charge in [0.1, 0.15) is 17.2 Å². The van der Waals surface area contributed by atoms with Crippen molar-refractivity contribution in [2.75, 3.05) is 5.73 Å². The van der Waals surface area contributed by atoms with Crippen LogP contribution in [0.3, 0.4) is 0 Å². The number of nitrogen functional groups attached to an aromatic ring is 1. The molecule has 0 aliphatic rings. The predicted octanol–water partition coefficient (Wildman–Crippen LogP) is 3.47. The number of aromatic nitrogens is 4. The first-order chi connectivity index (χ1) is 11.2. The van der Waals surface area contributed by atoms with Gasteiger partial charge in [-0.15, -0.1) is 0 Å². The Hall–Kier alpha value is -2.93. The molecule has 0 amide bonds. The molecule has 0 saturated carbocycles. The van der Waals surface area contributed by atoms with Crippen LogP contribution in [-0.4, -0.2) is 19.5 Å². The summed E-state index contributed by atoms with van der Waals surface area (Å²) in [4.78, 5) is 12.9. The summed E-state index contributed by atoms with van der Waals surface area (Å²) >= 11 is 1.44. The van der Waals surface area contributed by atoms with Gasteiger partial charge in [0.05, 0.1) is 10.2 Å². The smallest absolute Gasteiger partial charge is 0.181 e. The van der Waals surface area contributed by atoms with Gasteiger partial charge in [0, 0.05) is 37.8 Å². The molecule has 0 atom stereocenters. The number of imidazole rings is 1. The van der Waals surface area contributed by atoms with Crippen molar-refractivity contribution in [3.63, 3.8) is 0 Å². The van der Waals surface area contributed by atoms with E-state index in [0.717, 1.165) is 27.5 Å². The van der Waals surface area contributed by atoms with Crippen LogP contribution in [0.2, 0.25) is 0 Å². The minimum absolute atomic E-state index is 0.554. The van der Waals surface area contributed by atoms with Crippen molar-refractivity contribution in [3.05, 3.63) is 48.9 Å². The Kier molecular flexibility index (Phi) is 3.20. The van der Waals surface area contributed by atoms with E-state index in [9.17, 15) is 0 Å². The second-order valence-corrected chi connectivity index (χ2v) is 6.08. The van der Waals surface area contributed by atoms with Crippen LogP contribution < -0.4 is 10.5 Å². The third kappa shape index (κ3) is 2.62. The number of fused-ring (bicyclic) bond motifs is 1. The molecule has 4 aromatic rings. The fourth-order valence-electron chi connectivity index (χ4n) is 2.33. The summed E-state index contributed by atoms with van der Waals surface area (Å²) in [7, 11) is 1.93. The highest BCUT2D eigenvalue weighted by atomic mass is 32.1. The number of hydrogen-bond acceptors (Lipinski definition) is 6. The SMILES string of the molecule is Cn1ccnc1-c1cc(Oc2ccc3nc(N)sc3c2)ccn1. The molecule has 0 aliphatic heterocycles. The Labute approximate surface area is 136 Å². The molecule has 2 N–H and O–H groups in total. The van der Waals surface area contributed by atoms with Crippen molar-refractivity contribution in [1.29, 1.82) is 0 Å². The van der Waals surface area contributed by atoms with Crippen LogP contribution in [0.5, 0.6) is 11.5 Å². The van der Waals surface area contributed by atoms with Crippen LogP contribution in [0.25, 0.3) is 21.7 Å². The van der Waals surface area contributed by atoms with E-state index in [1.54, 1.807) is 12.4 Å². The fraction of sp³-hybridized carbons (Fsp3) is 0.0625. The quantitative estimate of drug-likeness (QED) is 0.624. The molecule has 0 saturated heterocycles. The molecule has 114 valence electrons. The van der Waals surface area contributed by atoms with Crippen LogP contribution in [0.15, 0.2) is 48.9 Å². The van der Waals surface area contributed by atoms with Gasteiger partial charge in [0.25, 0.3) is 0 Å². The summed E-state index contributed by atoms with van der Waals surface area (Å²) in [6.45, 7) is 0. The Balaban J connectivity index is 1.66. The number of pyridine rings is 1. The van der Waals surface area contributed by atoms with Crippen molar-refractivity contribution < 1.29 is 4.74 Å². The Morgan fingerprint density at radius 1 is 1.09 bits per heavy atom. The van der Waals surface area contributed by atoms with E-state index in [1.807, 2.05) is 48.1 Å². The van der Waals surface area contributed by atoms with E-state index in [4.69, 9.17) is 10.5 Å². The molecule has 0 radical (unpaired) electrons. The fourth-order valence-corrected chi connectivity index (χ4v) is 3.09. The summed E-state index contributed by atoms with van der Waals surface area (Å²) in [5.41, 5.74) is 7.37. The number of aryl methyl sites for hydroxylation is 1. The predicted molar refractivity (Wildman–Crippen MR) is 90.5 cm³/mol. The van der Waals surface area contributed by atoms with Crippen LogP contribution in [0.4, 0.5) is 5.13 Å². The lowest BCUT2D eigenvalue weighted by Gasteiger charge is -2.07. The van der Waals surface area contributed by atoms with E-state index in [-0.39, 0.29) is 0 Å².